The lowest BCUT2D eigenvalue weighted by atomic mass is 10.1. The molecule has 24 heavy (non-hydrogen) atoms. The fourth-order valence-corrected chi connectivity index (χ4v) is 3.69. The molecule has 1 aliphatic rings. The lowest BCUT2D eigenvalue weighted by Gasteiger charge is -2.32. The third kappa shape index (κ3) is 4.33. The molecule has 0 unspecified atom stereocenters. The number of hydrogen-bond acceptors (Lipinski definition) is 4. The van der Waals surface area contributed by atoms with E-state index in [4.69, 9.17) is 0 Å². The fraction of sp³-hybridized carbons (Fsp3) is 0.389. The van der Waals surface area contributed by atoms with E-state index >= 15 is 0 Å². The zero-order valence-corrected chi connectivity index (χ0v) is 14.4. The second kappa shape index (κ2) is 8.26. The first-order chi connectivity index (χ1) is 11.7. The molecule has 2 heterocycles. The second-order valence-corrected chi connectivity index (χ2v) is 6.90. The zero-order valence-electron chi connectivity index (χ0n) is 13.6. The Bertz CT molecular complexity index is 656. The van der Waals surface area contributed by atoms with E-state index in [1.165, 1.54) is 4.90 Å². The summed E-state index contributed by atoms with van der Waals surface area (Å²) in [5.74, 6) is 0. The molecule has 1 aromatic carbocycles. The molecule has 0 radical (unpaired) electrons. The van der Waals surface area contributed by atoms with Crippen molar-refractivity contribution in [1.29, 1.82) is 0 Å². The van der Waals surface area contributed by atoms with Crippen LogP contribution in [-0.4, -0.2) is 43.8 Å². The third-order valence-electron chi connectivity index (χ3n) is 4.27. The monoisotopic (exact) mass is 347 g/mol. The quantitative estimate of drug-likeness (QED) is 0.643. The average molecular weight is 347 g/mol. The molecule has 128 valence electrons. The zero-order chi connectivity index (χ0) is 16.8. The number of nitrogens with one attached hydrogen (secondary N) is 1. The van der Waals surface area contributed by atoms with Crippen LogP contribution in [0.4, 0.5) is 14.9 Å². The van der Waals surface area contributed by atoms with Gasteiger partial charge in [0.15, 0.2) is 0 Å². The van der Waals surface area contributed by atoms with Crippen molar-refractivity contribution in [2.45, 2.75) is 13.0 Å². The number of anilines is 1. The van der Waals surface area contributed by atoms with Crippen LogP contribution in [-0.2, 0) is 13.0 Å². The van der Waals surface area contributed by atoms with E-state index < -0.39 is 6.16 Å². The number of amides is 1. The van der Waals surface area contributed by atoms with Crippen LogP contribution in [0.25, 0.3) is 0 Å². The number of benzene rings is 1. The van der Waals surface area contributed by atoms with Crippen molar-refractivity contribution >= 4 is 23.2 Å². The highest BCUT2D eigenvalue weighted by Gasteiger charge is 2.18. The predicted molar refractivity (Wildman–Crippen MR) is 96.5 cm³/mol. The maximum atomic E-state index is 13.5. The summed E-state index contributed by atoms with van der Waals surface area (Å²) in [7, 11) is 0. The van der Waals surface area contributed by atoms with Crippen molar-refractivity contribution in [2.24, 2.45) is 0 Å². The molecule has 0 bridgehead atoms. The minimum absolute atomic E-state index is 0.306. The molecular weight excluding hydrogens is 325 g/mol. The van der Waals surface area contributed by atoms with E-state index in [0.717, 1.165) is 42.3 Å². The third-order valence-corrected chi connectivity index (χ3v) is 5.20. The SMILES string of the molecule is O=C(F)N(CCc1cccs1)Cc1ccccc1N1CCNCC1. The van der Waals surface area contributed by atoms with Gasteiger partial charge in [0.25, 0.3) is 0 Å². The molecule has 6 heteroatoms. The van der Waals surface area contributed by atoms with Gasteiger partial charge in [0.05, 0.1) is 6.54 Å². The molecule has 3 rings (SSSR count). The topological polar surface area (TPSA) is 35.6 Å². The van der Waals surface area contributed by atoms with Crippen LogP contribution in [0.1, 0.15) is 10.4 Å². The van der Waals surface area contributed by atoms with Gasteiger partial charge in [-0.1, -0.05) is 24.3 Å². The molecular formula is C18H22FN3OS. The van der Waals surface area contributed by atoms with Crippen molar-refractivity contribution in [3.63, 3.8) is 0 Å². The Morgan fingerprint density at radius 1 is 1.21 bits per heavy atom. The molecule has 1 aliphatic heterocycles. The van der Waals surface area contributed by atoms with Crippen molar-refractivity contribution in [2.75, 3.05) is 37.6 Å². The first-order valence-corrected chi connectivity index (χ1v) is 9.12. The van der Waals surface area contributed by atoms with E-state index in [0.29, 0.717) is 19.5 Å². The summed E-state index contributed by atoms with van der Waals surface area (Å²) in [5.41, 5.74) is 2.10. The Morgan fingerprint density at radius 3 is 2.71 bits per heavy atom. The molecule has 1 amide bonds. The molecule has 2 aromatic rings. The van der Waals surface area contributed by atoms with Gasteiger partial charge >= 0.3 is 6.16 Å². The van der Waals surface area contributed by atoms with Crippen LogP contribution in [0.3, 0.4) is 0 Å². The van der Waals surface area contributed by atoms with Crippen molar-refractivity contribution < 1.29 is 9.18 Å². The van der Waals surface area contributed by atoms with Gasteiger partial charge in [-0.15, -0.1) is 15.7 Å². The second-order valence-electron chi connectivity index (χ2n) is 5.87. The first kappa shape index (κ1) is 16.9. The van der Waals surface area contributed by atoms with E-state index in [9.17, 15) is 9.18 Å². The maximum Gasteiger partial charge on any atom is 0.400 e. The summed E-state index contributed by atoms with van der Waals surface area (Å²) < 4.78 is 13.5. The standard InChI is InChI=1S/C18H22FN3OS/c19-18(23)22(10-7-16-5-3-13-24-16)14-15-4-1-2-6-17(15)21-11-8-20-9-12-21/h1-6,13,20H,7-12,14H2. The summed E-state index contributed by atoms with van der Waals surface area (Å²) in [6.45, 7) is 4.44. The summed E-state index contributed by atoms with van der Waals surface area (Å²) in [6.07, 6.45) is -0.676. The Hall–Kier alpha value is -1.92. The van der Waals surface area contributed by atoms with E-state index in [2.05, 4.69) is 16.3 Å². The molecule has 1 aromatic heterocycles. The van der Waals surface area contributed by atoms with Gasteiger partial charge in [0, 0.05) is 43.3 Å². The van der Waals surface area contributed by atoms with Crippen LogP contribution in [0.2, 0.25) is 0 Å². The van der Waals surface area contributed by atoms with Crippen LogP contribution in [0.15, 0.2) is 41.8 Å². The molecule has 0 atom stereocenters. The Balaban J connectivity index is 1.71. The number of thiophene rings is 1. The predicted octanol–water partition coefficient (Wildman–Crippen LogP) is 3.29. The Kier molecular flexibility index (Phi) is 5.82. The van der Waals surface area contributed by atoms with Gasteiger partial charge in [-0.2, -0.15) is 0 Å². The molecule has 0 aliphatic carbocycles. The maximum absolute atomic E-state index is 13.5. The molecule has 1 fully saturated rings. The number of rotatable bonds is 6. The highest BCUT2D eigenvalue weighted by Crippen LogP contribution is 2.23. The normalized spacial score (nSPS) is 14.6. The Morgan fingerprint density at radius 2 is 2.00 bits per heavy atom. The summed E-state index contributed by atoms with van der Waals surface area (Å²) in [4.78, 5) is 16.2. The fourth-order valence-electron chi connectivity index (χ4n) is 2.99. The molecule has 1 N–H and O–H groups in total. The van der Waals surface area contributed by atoms with E-state index in [1.54, 1.807) is 11.3 Å². The number of hydrogen-bond donors (Lipinski definition) is 1. The number of carbonyl (C=O) groups excluding carboxylic acids is 1. The first-order valence-electron chi connectivity index (χ1n) is 8.24. The average Bonchev–Trinajstić information content (AvgIpc) is 3.13. The molecule has 0 saturated carbocycles. The number of nitrogens with zero attached hydrogens (tertiary/aromatic N) is 2. The van der Waals surface area contributed by atoms with Crippen LogP contribution >= 0.6 is 11.3 Å². The lowest BCUT2D eigenvalue weighted by Crippen LogP contribution is -2.44. The van der Waals surface area contributed by atoms with Crippen molar-refractivity contribution in [3.8, 4) is 0 Å². The van der Waals surface area contributed by atoms with Gasteiger partial charge in [0.1, 0.15) is 0 Å². The highest BCUT2D eigenvalue weighted by molar-refractivity contribution is 7.09. The summed E-state index contributed by atoms with van der Waals surface area (Å²) >= 11 is 1.63. The Labute approximate surface area is 145 Å². The number of carbonyl (C=O) groups is 1. The van der Waals surface area contributed by atoms with Crippen molar-refractivity contribution in [1.82, 2.24) is 10.2 Å². The van der Waals surface area contributed by atoms with E-state index in [1.807, 2.05) is 35.7 Å². The van der Waals surface area contributed by atoms with Crippen LogP contribution < -0.4 is 10.2 Å². The van der Waals surface area contributed by atoms with Gasteiger partial charge < -0.3 is 15.1 Å². The van der Waals surface area contributed by atoms with Gasteiger partial charge in [-0.05, 0) is 29.5 Å². The summed E-state index contributed by atoms with van der Waals surface area (Å²) in [6, 6.07) is 12.0. The molecule has 4 nitrogen and oxygen atoms in total. The van der Waals surface area contributed by atoms with E-state index in [-0.39, 0.29) is 0 Å². The minimum atomic E-state index is -1.36. The van der Waals surface area contributed by atoms with Crippen LogP contribution in [0, 0.1) is 0 Å². The van der Waals surface area contributed by atoms with Gasteiger partial charge in [0.2, 0.25) is 0 Å². The minimum Gasteiger partial charge on any atom is -0.369 e. The highest BCUT2D eigenvalue weighted by atomic mass is 32.1. The number of para-hydroxylation sites is 1. The number of halogens is 1. The molecule has 1 saturated heterocycles. The van der Waals surface area contributed by atoms with Crippen LogP contribution in [0.5, 0.6) is 0 Å². The smallest absolute Gasteiger partial charge is 0.369 e. The van der Waals surface area contributed by atoms with Gasteiger partial charge in [-0.25, -0.2) is 4.79 Å². The number of piperazine rings is 1. The lowest BCUT2D eigenvalue weighted by molar-refractivity contribution is 0.172. The van der Waals surface area contributed by atoms with Crippen molar-refractivity contribution in [3.05, 3.63) is 52.2 Å². The summed E-state index contributed by atoms with van der Waals surface area (Å²) in [5, 5.41) is 5.33. The van der Waals surface area contributed by atoms with Gasteiger partial charge in [-0.3, -0.25) is 0 Å². The molecule has 0 spiro atoms. The largest absolute Gasteiger partial charge is 0.400 e.